The number of aryl methyl sites for hydroxylation is 3. The lowest BCUT2D eigenvalue weighted by Gasteiger charge is -2.07. The van der Waals surface area contributed by atoms with Crippen LogP contribution in [0.2, 0.25) is 0 Å². The Balaban J connectivity index is 1.99. The first-order valence-corrected chi connectivity index (χ1v) is 7.03. The monoisotopic (exact) mass is 261 g/mol. The van der Waals surface area contributed by atoms with E-state index in [1.807, 2.05) is 17.8 Å². The quantitative estimate of drug-likeness (QED) is 0.833. The summed E-state index contributed by atoms with van der Waals surface area (Å²) in [5.74, 6) is 0. The summed E-state index contributed by atoms with van der Waals surface area (Å²) in [6.07, 6.45) is 6.14. The summed E-state index contributed by atoms with van der Waals surface area (Å²) in [4.78, 5) is 0. The Kier molecular flexibility index (Phi) is 4.60. The van der Waals surface area contributed by atoms with Crippen molar-refractivity contribution in [2.75, 3.05) is 5.32 Å². The molecule has 1 N–H and O–H groups in total. The molecule has 104 valence electrons. The maximum absolute atomic E-state index is 4.49. The van der Waals surface area contributed by atoms with E-state index < -0.39 is 0 Å². The van der Waals surface area contributed by atoms with E-state index in [0.717, 1.165) is 43.9 Å². The smallest absolute Gasteiger partial charge is 0.0825 e. The molecule has 5 nitrogen and oxygen atoms in total. The van der Waals surface area contributed by atoms with Gasteiger partial charge in [-0.05, 0) is 25.8 Å². The van der Waals surface area contributed by atoms with Crippen molar-refractivity contribution < 1.29 is 0 Å². The van der Waals surface area contributed by atoms with Crippen LogP contribution in [0.3, 0.4) is 0 Å². The van der Waals surface area contributed by atoms with Crippen LogP contribution in [0.5, 0.6) is 0 Å². The maximum atomic E-state index is 4.49. The van der Waals surface area contributed by atoms with Crippen LogP contribution in [0.15, 0.2) is 18.5 Å². The largest absolute Gasteiger partial charge is 0.377 e. The Morgan fingerprint density at radius 3 is 2.74 bits per heavy atom. The molecule has 0 saturated carbocycles. The predicted octanol–water partition coefficient (Wildman–Crippen LogP) is 2.82. The second-order valence-electron chi connectivity index (χ2n) is 4.79. The van der Waals surface area contributed by atoms with Gasteiger partial charge in [-0.15, -0.1) is 0 Å². The van der Waals surface area contributed by atoms with Crippen LogP contribution in [0.25, 0.3) is 0 Å². The first-order valence-electron chi connectivity index (χ1n) is 7.03. The minimum atomic E-state index is 0.790. The summed E-state index contributed by atoms with van der Waals surface area (Å²) in [6, 6.07) is 2.06. The van der Waals surface area contributed by atoms with Crippen LogP contribution < -0.4 is 5.32 Å². The van der Waals surface area contributed by atoms with Gasteiger partial charge in [0.15, 0.2) is 0 Å². The molecule has 0 atom stereocenters. The number of nitrogens with one attached hydrogen (secondary N) is 1. The molecule has 0 saturated heterocycles. The third-order valence-corrected chi connectivity index (χ3v) is 3.10. The molecule has 0 fully saturated rings. The van der Waals surface area contributed by atoms with Gasteiger partial charge in [-0.1, -0.05) is 13.8 Å². The van der Waals surface area contributed by atoms with E-state index in [2.05, 4.69) is 46.3 Å². The van der Waals surface area contributed by atoms with E-state index in [0.29, 0.717) is 0 Å². The van der Waals surface area contributed by atoms with Crippen molar-refractivity contribution in [1.82, 2.24) is 19.6 Å². The molecule has 0 aliphatic heterocycles. The molecule has 5 heteroatoms. The maximum Gasteiger partial charge on any atom is 0.0825 e. The Labute approximate surface area is 114 Å². The van der Waals surface area contributed by atoms with E-state index in [4.69, 9.17) is 0 Å². The zero-order valence-electron chi connectivity index (χ0n) is 12.1. The molecule has 0 radical (unpaired) electrons. The minimum Gasteiger partial charge on any atom is -0.377 e. The summed E-state index contributed by atoms with van der Waals surface area (Å²) in [7, 11) is 0. The SMILES string of the molecule is CCCn1cc(NCc2ccnn2CCC)c(C)n1. The lowest BCUT2D eigenvalue weighted by molar-refractivity contribution is 0.578. The number of nitrogens with zero attached hydrogens (tertiary/aromatic N) is 4. The van der Waals surface area contributed by atoms with Crippen LogP contribution in [0.1, 0.15) is 38.1 Å². The van der Waals surface area contributed by atoms with Gasteiger partial charge in [0.05, 0.1) is 23.6 Å². The van der Waals surface area contributed by atoms with Crippen molar-refractivity contribution in [3.8, 4) is 0 Å². The van der Waals surface area contributed by atoms with E-state index >= 15 is 0 Å². The summed E-state index contributed by atoms with van der Waals surface area (Å²) in [5, 5.41) is 12.3. The Morgan fingerprint density at radius 1 is 1.21 bits per heavy atom. The highest BCUT2D eigenvalue weighted by molar-refractivity contribution is 5.45. The molecule has 2 aromatic rings. The Hall–Kier alpha value is -1.78. The minimum absolute atomic E-state index is 0.790. The molecule has 19 heavy (non-hydrogen) atoms. The van der Waals surface area contributed by atoms with Gasteiger partial charge >= 0.3 is 0 Å². The Bertz CT molecular complexity index is 512. The summed E-state index contributed by atoms with van der Waals surface area (Å²) in [6.45, 7) is 9.09. The van der Waals surface area contributed by atoms with Crippen molar-refractivity contribution in [1.29, 1.82) is 0 Å². The molecule has 0 unspecified atom stereocenters. The van der Waals surface area contributed by atoms with Crippen molar-refractivity contribution in [2.24, 2.45) is 0 Å². The summed E-state index contributed by atoms with van der Waals surface area (Å²) < 4.78 is 4.06. The fraction of sp³-hybridized carbons (Fsp3) is 0.571. The number of hydrogen-bond donors (Lipinski definition) is 1. The first-order chi connectivity index (χ1) is 9.24. The molecule has 2 heterocycles. The zero-order chi connectivity index (χ0) is 13.7. The van der Waals surface area contributed by atoms with Crippen LogP contribution in [-0.4, -0.2) is 19.6 Å². The van der Waals surface area contributed by atoms with Gasteiger partial charge in [0.1, 0.15) is 0 Å². The van der Waals surface area contributed by atoms with E-state index in [1.165, 1.54) is 5.69 Å². The molecule has 0 spiro atoms. The second kappa shape index (κ2) is 6.41. The third-order valence-electron chi connectivity index (χ3n) is 3.10. The van der Waals surface area contributed by atoms with Gasteiger partial charge in [-0.2, -0.15) is 10.2 Å². The van der Waals surface area contributed by atoms with Crippen molar-refractivity contribution >= 4 is 5.69 Å². The number of rotatable bonds is 7. The molecule has 2 rings (SSSR count). The lowest BCUT2D eigenvalue weighted by atomic mass is 10.3. The fourth-order valence-corrected chi connectivity index (χ4v) is 2.14. The highest BCUT2D eigenvalue weighted by atomic mass is 15.3. The molecule has 0 amide bonds. The van der Waals surface area contributed by atoms with Gasteiger partial charge in [0.2, 0.25) is 0 Å². The molecule has 0 aromatic carbocycles. The highest BCUT2D eigenvalue weighted by Gasteiger charge is 2.06. The van der Waals surface area contributed by atoms with Gasteiger partial charge < -0.3 is 5.32 Å². The highest BCUT2D eigenvalue weighted by Crippen LogP contribution is 2.14. The van der Waals surface area contributed by atoms with Crippen LogP contribution in [0.4, 0.5) is 5.69 Å². The summed E-state index contributed by atoms with van der Waals surface area (Å²) >= 11 is 0. The molecular formula is C14H23N5. The molecule has 2 aromatic heterocycles. The van der Waals surface area contributed by atoms with Crippen LogP contribution in [0, 0.1) is 6.92 Å². The van der Waals surface area contributed by atoms with Crippen molar-refractivity contribution in [2.45, 2.75) is 53.2 Å². The first kappa shape index (κ1) is 13.6. The fourth-order valence-electron chi connectivity index (χ4n) is 2.14. The van der Waals surface area contributed by atoms with E-state index in [-0.39, 0.29) is 0 Å². The van der Waals surface area contributed by atoms with Crippen LogP contribution in [-0.2, 0) is 19.6 Å². The lowest BCUT2D eigenvalue weighted by Crippen LogP contribution is -2.09. The summed E-state index contributed by atoms with van der Waals surface area (Å²) in [5.41, 5.74) is 3.37. The molecular weight excluding hydrogens is 238 g/mol. The number of aromatic nitrogens is 4. The standard InChI is InChI=1S/C14H23N5/c1-4-8-18-11-14(12(3)17-18)15-10-13-6-7-16-19(13)9-5-2/h6-7,11,15H,4-5,8-10H2,1-3H3. The van der Waals surface area contributed by atoms with Gasteiger partial charge in [-0.3, -0.25) is 9.36 Å². The zero-order valence-corrected chi connectivity index (χ0v) is 12.1. The number of anilines is 1. The third kappa shape index (κ3) is 3.36. The normalized spacial score (nSPS) is 10.9. The molecule has 0 aliphatic carbocycles. The van der Waals surface area contributed by atoms with Crippen molar-refractivity contribution in [3.05, 3.63) is 29.8 Å². The Morgan fingerprint density at radius 2 is 2.00 bits per heavy atom. The van der Waals surface area contributed by atoms with E-state index in [1.54, 1.807) is 0 Å². The average Bonchev–Trinajstić information content (AvgIpc) is 2.95. The molecule has 0 aliphatic rings. The molecule has 0 bridgehead atoms. The average molecular weight is 261 g/mol. The second-order valence-corrected chi connectivity index (χ2v) is 4.79. The number of hydrogen-bond acceptors (Lipinski definition) is 3. The predicted molar refractivity (Wildman–Crippen MR) is 77.1 cm³/mol. The van der Waals surface area contributed by atoms with E-state index in [9.17, 15) is 0 Å². The van der Waals surface area contributed by atoms with Crippen molar-refractivity contribution in [3.63, 3.8) is 0 Å². The van der Waals surface area contributed by atoms with Gasteiger partial charge in [-0.25, -0.2) is 0 Å². The van der Waals surface area contributed by atoms with Gasteiger partial charge in [0.25, 0.3) is 0 Å². The topological polar surface area (TPSA) is 47.7 Å². The van der Waals surface area contributed by atoms with Crippen LogP contribution >= 0.6 is 0 Å². The van der Waals surface area contributed by atoms with Gasteiger partial charge in [0, 0.05) is 25.5 Å².